The number of carbonyl (C=O) groups excluding carboxylic acids is 1. The number of fused-ring (bicyclic) bond motifs is 2. The van der Waals surface area contributed by atoms with Gasteiger partial charge < -0.3 is 19.4 Å². The lowest BCUT2D eigenvalue weighted by molar-refractivity contribution is 0.0186. The molecule has 0 bridgehead atoms. The second-order valence-corrected chi connectivity index (χ2v) is 8.89. The molecule has 4 aromatic rings. The molecule has 0 aromatic carbocycles. The van der Waals surface area contributed by atoms with E-state index in [1.54, 1.807) is 17.3 Å². The molecule has 0 aliphatic carbocycles. The van der Waals surface area contributed by atoms with Gasteiger partial charge in [-0.3, -0.25) is 0 Å². The SMILES string of the molecule is CC(C)(C)OC(=O)N1CCC(n2ncc3c(Oc4cnc5[nH]ccc5c4)ncnc32)CC1. The maximum absolute atomic E-state index is 12.3. The van der Waals surface area contributed by atoms with Crippen LogP contribution in [-0.2, 0) is 4.74 Å². The lowest BCUT2D eigenvalue weighted by Crippen LogP contribution is -2.42. The molecule has 1 N–H and O–H groups in total. The molecule has 0 spiro atoms. The van der Waals surface area contributed by atoms with E-state index in [0.717, 1.165) is 29.3 Å². The average molecular weight is 435 g/mol. The van der Waals surface area contributed by atoms with E-state index in [1.807, 2.05) is 43.8 Å². The normalized spacial score (nSPS) is 15.4. The van der Waals surface area contributed by atoms with E-state index in [-0.39, 0.29) is 12.1 Å². The lowest BCUT2D eigenvalue weighted by Gasteiger charge is -2.33. The summed E-state index contributed by atoms with van der Waals surface area (Å²) in [5.74, 6) is 1.03. The number of amides is 1. The summed E-state index contributed by atoms with van der Waals surface area (Å²) >= 11 is 0. The molecule has 1 saturated heterocycles. The fourth-order valence-corrected chi connectivity index (χ4v) is 3.90. The highest BCUT2D eigenvalue weighted by Crippen LogP contribution is 2.31. The summed E-state index contributed by atoms with van der Waals surface area (Å²) < 4.78 is 13.4. The molecule has 32 heavy (non-hydrogen) atoms. The van der Waals surface area contributed by atoms with Gasteiger partial charge in [-0.1, -0.05) is 0 Å². The van der Waals surface area contributed by atoms with Crippen LogP contribution in [0.2, 0.25) is 0 Å². The standard InChI is InChI=1S/C22H25N7O3/c1-22(2,3)32-21(30)28-8-5-15(6-9-28)29-19-17(12-27-29)20(26-13-25-19)31-16-10-14-4-7-23-18(14)24-11-16/h4,7,10-13,15H,5-6,8-9H2,1-3H3,(H,23,24). The van der Waals surface area contributed by atoms with Crippen LogP contribution in [0.5, 0.6) is 11.6 Å². The summed E-state index contributed by atoms with van der Waals surface area (Å²) in [5.41, 5.74) is 1.01. The number of carbonyl (C=O) groups is 1. The van der Waals surface area contributed by atoms with Crippen LogP contribution in [0.15, 0.2) is 37.1 Å². The highest BCUT2D eigenvalue weighted by Gasteiger charge is 2.29. The van der Waals surface area contributed by atoms with Gasteiger partial charge in [0.1, 0.15) is 28.7 Å². The first kappa shape index (κ1) is 20.2. The minimum atomic E-state index is -0.499. The topological polar surface area (TPSA) is 111 Å². The third-order valence-corrected chi connectivity index (χ3v) is 5.41. The zero-order valence-electron chi connectivity index (χ0n) is 18.3. The van der Waals surface area contributed by atoms with Gasteiger partial charge in [0.25, 0.3) is 0 Å². The Morgan fingerprint density at radius 2 is 1.97 bits per heavy atom. The third-order valence-electron chi connectivity index (χ3n) is 5.41. The van der Waals surface area contributed by atoms with Crippen LogP contribution in [0.3, 0.4) is 0 Å². The van der Waals surface area contributed by atoms with Crippen LogP contribution in [-0.4, -0.2) is 59.4 Å². The second kappa shape index (κ2) is 7.77. The van der Waals surface area contributed by atoms with Crippen molar-refractivity contribution >= 4 is 28.2 Å². The zero-order valence-corrected chi connectivity index (χ0v) is 18.3. The summed E-state index contributed by atoms with van der Waals surface area (Å²) in [6.07, 6.45) is 7.97. The lowest BCUT2D eigenvalue weighted by atomic mass is 10.1. The number of aromatic nitrogens is 6. The van der Waals surface area contributed by atoms with Gasteiger partial charge >= 0.3 is 6.09 Å². The number of likely N-dealkylation sites (tertiary alicyclic amines) is 1. The first-order valence-corrected chi connectivity index (χ1v) is 10.6. The number of hydrogen-bond donors (Lipinski definition) is 1. The summed E-state index contributed by atoms with van der Waals surface area (Å²) in [4.78, 5) is 30.3. The molecular formula is C22H25N7O3. The molecule has 5 rings (SSSR count). The van der Waals surface area contributed by atoms with E-state index in [0.29, 0.717) is 30.4 Å². The maximum Gasteiger partial charge on any atom is 0.410 e. The Kier molecular flexibility index (Phi) is 4.91. The van der Waals surface area contributed by atoms with Crippen molar-refractivity contribution in [2.45, 2.75) is 45.3 Å². The van der Waals surface area contributed by atoms with Gasteiger partial charge in [-0.2, -0.15) is 5.10 Å². The van der Waals surface area contributed by atoms with Crippen molar-refractivity contribution in [2.75, 3.05) is 13.1 Å². The molecule has 10 nitrogen and oxygen atoms in total. The van der Waals surface area contributed by atoms with Crippen LogP contribution < -0.4 is 4.74 Å². The predicted molar refractivity (Wildman–Crippen MR) is 118 cm³/mol. The average Bonchev–Trinajstić information content (AvgIpc) is 3.40. The van der Waals surface area contributed by atoms with E-state index in [1.165, 1.54) is 6.33 Å². The molecule has 4 aromatic heterocycles. The second-order valence-electron chi connectivity index (χ2n) is 8.89. The van der Waals surface area contributed by atoms with Crippen molar-refractivity contribution in [2.24, 2.45) is 0 Å². The number of nitrogens with one attached hydrogen (secondary N) is 1. The fraction of sp³-hybridized carbons (Fsp3) is 0.409. The van der Waals surface area contributed by atoms with Crippen LogP contribution in [0.4, 0.5) is 4.79 Å². The van der Waals surface area contributed by atoms with Gasteiger partial charge in [-0.15, -0.1) is 0 Å². The van der Waals surface area contributed by atoms with Gasteiger partial charge in [-0.25, -0.2) is 24.4 Å². The Hall–Kier alpha value is -3.69. The molecule has 1 aliphatic heterocycles. The zero-order chi connectivity index (χ0) is 22.3. The summed E-state index contributed by atoms with van der Waals surface area (Å²) in [6, 6.07) is 3.97. The van der Waals surface area contributed by atoms with Gasteiger partial charge in [0, 0.05) is 24.7 Å². The van der Waals surface area contributed by atoms with Crippen LogP contribution in [0, 0.1) is 0 Å². The molecular weight excluding hydrogens is 410 g/mol. The molecule has 1 fully saturated rings. The first-order chi connectivity index (χ1) is 15.4. The molecule has 166 valence electrons. The number of hydrogen-bond acceptors (Lipinski definition) is 7. The Balaban J connectivity index is 1.33. The van der Waals surface area contributed by atoms with Crippen molar-refractivity contribution in [3.8, 4) is 11.6 Å². The van der Waals surface area contributed by atoms with Crippen molar-refractivity contribution in [1.29, 1.82) is 0 Å². The van der Waals surface area contributed by atoms with Crippen LogP contribution in [0.25, 0.3) is 22.1 Å². The van der Waals surface area contributed by atoms with Crippen molar-refractivity contribution in [3.05, 3.63) is 37.1 Å². The smallest absolute Gasteiger partial charge is 0.410 e. The molecule has 0 unspecified atom stereocenters. The Bertz CT molecular complexity index is 1270. The first-order valence-electron chi connectivity index (χ1n) is 10.6. The molecule has 1 amide bonds. The number of rotatable bonds is 3. The number of pyridine rings is 1. The highest BCUT2D eigenvalue weighted by atomic mass is 16.6. The maximum atomic E-state index is 12.3. The summed E-state index contributed by atoms with van der Waals surface area (Å²) in [5, 5.41) is 6.26. The van der Waals surface area contributed by atoms with Crippen molar-refractivity contribution in [1.82, 2.24) is 34.6 Å². The number of ether oxygens (including phenoxy) is 2. The van der Waals surface area contributed by atoms with Crippen LogP contribution >= 0.6 is 0 Å². The molecule has 0 saturated carbocycles. The van der Waals surface area contributed by atoms with Crippen LogP contribution in [0.1, 0.15) is 39.7 Å². The molecule has 0 atom stereocenters. The fourth-order valence-electron chi connectivity index (χ4n) is 3.90. The third kappa shape index (κ3) is 3.95. The van der Waals surface area contributed by atoms with Gasteiger partial charge in [0.15, 0.2) is 5.65 Å². The van der Waals surface area contributed by atoms with Gasteiger partial charge in [-0.05, 0) is 45.7 Å². The largest absolute Gasteiger partial charge is 0.444 e. The van der Waals surface area contributed by atoms with Crippen molar-refractivity contribution < 1.29 is 14.3 Å². The Morgan fingerprint density at radius 3 is 2.75 bits per heavy atom. The Labute approximate surface area is 184 Å². The number of H-pyrrole nitrogens is 1. The summed E-state index contributed by atoms with van der Waals surface area (Å²) in [6.45, 7) is 6.84. The van der Waals surface area contributed by atoms with E-state index >= 15 is 0 Å². The molecule has 5 heterocycles. The monoisotopic (exact) mass is 435 g/mol. The highest BCUT2D eigenvalue weighted by molar-refractivity contribution is 5.81. The van der Waals surface area contributed by atoms with E-state index in [4.69, 9.17) is 9.47 Å². The van der Waals surface area contributed by atoms with E-state index in [2.05, 4.69) is 25.0 Å². The number of aromatic amines is 1. The number of piperidine rings is 1. The number of nitrogens with zero attached hydrogens (tertiary/aromatic N) is 6. The Morgan fingerprint density at radius 1 is 1.16 bits per heavy atom. The minimum absolute atomic E-state index is 0.131. The molecule has 1 aliphatic rings. The molecule has 10 heteroatoms. The summed E-state index contributed by atoms with van der Waals surface area (Å²) in [7, 11) is 0. The molecule has 0 radical (unpaired) electrons. The predicted octanol–water partition coefficient (Wildman–Crippen LogP) is 4.07. The quantitative estimate of drug-likeness (QED) is 0.516. The van der Waals surface area contributed by atoms with Crippen molar-refractivity contribution in [3.63, 3.8) is 0 Å². The van der Waals surface area contributed by atoms with Gasteiger partial charge in [0.2, 0.25) is 5.88 Å². The minimum Gasteiger partial charge on any atom is -0.444 e. The van der Waals surface area contributed by atoms with Gasteiger partial charge in [0.05, 0.1) is 18.4 Å². The van der Waals surface area contributed by atoms with E-state index in [9.17, 15) is 4.79 Å². The van der Waals surface area contributed by atoms with E-state index < -0.39 is 5.60 Å².